The Bertz CT molecular complexity index is 416. The van der Waals surface area contributed by atoms with E-state index in [4.69, 9.17) is 0 Å². The van der Waals surface area contributed by atoms with E-state index in [0.29, 0.717) is 0 Å². The molecule has 118 valence electrons. The van der Waals surface area contributed by atoms with Gasteiger partial charge in [0.05, 0.1) is 0 Å². The first-order valence-electron chi connectivity index (χ1n) is 6.37. The molecule has 0 unspecified atom stereocenters. The Hall–Kier alpha value is 1.01. The van der Waals surface area contributed by atoms with Crippen molar-refractivity contribution in [3.05, 3.63) is 42.0 Å². The molecule has 2 aromatic rings. The molecule has 0 aromatic heterocycles. The SMILES string of the molecule is CC(C)PC(C)C.Cc1cc2ccccc2[cH-]1.[Cl-].[Cl-].[Cl-].[Zr+4]. The van der Waals surface area contributed by atoms with Crippen LogP contribution in [0.15, 0.2) is 36.4 Å². The Morgan fingerprint density at radius 1 is 0.905 bits per heavy atom. The molecule has 21 heavy (non-hydrogen) atoms. The first kappa shape index (κ1) is 30.0. The summed E-state index contributed by atoms with van der Waals surface area (Å²) in [6.07, 6.45) is 0. The molecular weight excluding hydrogens is 421 g/mol. The van der Waals surface area contributed by atoms with E-state index in [2.05, 4.69) is 71.0 Å². The molecule has 0 amide bonds. The van der Waals surface area contributed by atoms with E-state index < -0.39 is 0 Å². The maximum Gasteiger partial charge on any atom is 4.00 e. The predicted molar refractivity (Wildman–Crippen MR) is 82.9 cm³/mol. The van der Waals surface area contributed by atoms with E-state index in [1.165, 1.54) is 16.3 Å². The van der Waals surface area contributed by atoms with Crippen molar-refractivity contribution in [2.45, 2.75) is 45.9 Å². The summed E-state index contributed by atoms with van der Waals surface area (Å²) >= 11 is 0. The van der Waals surface area contributed by atoms with Crippen molar-refractivity contribution in [3.8, 4) is 0 Å². The second-order valence-electron chi connectivity index (χ2n) is 5.14. The fourth-order valence-electron chi connectivity index (χ4n) is 1.97. The van der Waals surface area contributed by atoms with E-state index >= 15 is 0 Å². The number of rotatable bonds is 2. The average molecular weight is 445 g/mol. The molecule has 0 heterocycles. The molecule has 2 rings (SSSR count). The molecule has 0 saturated heterocycles. The average Bonchev–Trinajstić information content (AvgIpc) is 2.56. The second-order valence-corrected chi connectivity index (χ2v) is 7.78. The van der Waals surface area contributed by atoms with Crippen LogP contribution >= 0.6 is 8.58 Å². The molecule has 5 heteroatoms. The minimum absolute atomic E-state index is 0. The molecule has 0 atom stereocenters. The number of benzene rings is 1. The maximum absolute atomic E-state index is 2.28. The van der Waals surface area contributed by atoms with Gasteiger partial charge >= 0.3 is 26.2 Å². The third kappa shape index (κ3) is 13.2. The van der Waals surface area contributed by atoms with Crippen molar-refractivity contribution >= 4 is 19.4 Å². The van der Waals surface area contributed by atoms with Crippen LogP contribution in [0.3, 0.4) is 0 Å². The molecule has 0 fully saturated rings. The van der Waals surface area contributed by atoms with Gasteiger partial charge in [-0.15, -0.1) is 49.2 Å². The Morgan fingerprint density at radius 3 is 1.76 bits per heavy atom. The van der Waals surface area contributed by atoms with Gasteiger partial charge in [0.2, 0.25) is 0 Å². The summed E-state index contributed by atoms with van der Waals surface area (Å²) in [5.74, 6) is 0. The van der Waals surface area contributed by atoms with Gasteiger partial charge in [0, 0.05) is 0 Å². The van der Waals surface area contributed by atoms with E-state index in [0.717, 1.165) is 19.9 Å². The number of aryl methyl sites for hydroxylation is 1. The monoisotopic (exact) mass is 442 g/mol. The van der Waals surface area contributed by atoms with Crippen LogP contribution in [0.4, 0.5) is 0 Å². The number of hydrogen-bond donors (Lipinski definition) is 0. The Kier molecular flexibility index (Phi) is 22.7. The summed E-state index contributed by atoms with van der Waals surface area (Å²) in [6, 6.07) is 12.8. The largest absolute Gasteiger partial charge is 4.00 e. The summed E-state index contributed by atoms with van der Waals surface area (Å²) in [5.41, 5.74) is 3.15. The van der Waals surface area contributed by atoms with E-state index in [1.54, 1.807) is 0 Å². The van der Waals surface area contributed by atoms with Crippen molar-refractivity contribution in [1.82, 2.24) is 0 Å². The smallest absolute Gasteiger partial charge is 1.00 e. The number of hydrogen-bond acceptors (Lipinski definition) is 0. The molecule has 0 spiro atoms. The minimum Gasteiger partial charge on any atom is -1.00 e. The minimum atomic E-state index is 0. The van der Waals surface area contributed by atoms with Gasteiger partial charge in [-0.1, -0.05) is 40.7 Å². The molecule has 0 aliphatic heterocycles. The van der Waals surface area contributed by atoms with Gasteiger partial charge in [-0.05, 0) is 11.3 Å². The fraction of sp³-hybridized carbons (Fsp3) is 0.438. The fourth-order valence-corrected chi connectivity index (χ4v) is 3.31. The summed E-state index contributed by atoms with van der Waals surface area (Å²) < 4.78 is 0. The van der Waals surface area contributed by atoms with Crippen LogP contribution in [0.25, 0.3) is 10.8 Å². The van der Waals surface area contributed by atoms with Crippen molar-refractivity contribution in [2.24, 2.45) is 0 Å². The Balaban J connectivity index is -0.000000121. The van der Waals surface area contributed by atoms with Crippen molar-refractivity contribution < 1.29 is 63.4 Å². The van der Waals surface area contributed by atoms with Gasteiger partial charge in [0.25, 0.3) is 0 Å². The quantitative estimate of drug-likeness (QED) is 0.331. The zero-order chi connectivity index (χ0) is 12.8. The van der Waals surface area contributed by atoms with Crippen molar-refractivity contribution in [2.75, 3.05) is 0 Å². The van der Waals surface area contributed by atoms with Gasteiger partial charge < -0.3 is 37.2 Å². The van der Waals surface area contributed by atoms with Crippen LogP contribution in [0.1, 0.15) is 33.3 Å². The van der Waals surface area contributed by atoms with Crippen LogP contribution in [0.2, 0.25) is 0 Å². The molecule has 0 N–H and O–H groups in total. The van der Waals surface area contributed by atoms with Gasteiger partial charge in [-0.3, -0.25) is 0 Å². The van der Waals surface area contributed by atoms with Crippen molar-refractivity contribution in [3.63, 3.8) is 0 Å². The Labute approximate surface area is 169 Å². The van der Waals surface area contributed by atoms with Crippen LogP contribution in [-0.2, 0) is 26.2 Å². The van der Waals surface area contributed by atoms with Crippen LogP contribution in [0, 0.1) is 6.92 Å². The van der Waals surface area contributed by atoms with E-state index in [1.807, 2.05) is 0 Å². The standard InChI is InChI=1S/C10H9.C6H15P.3ClH.Zr/c1-8-6-9-4-2-3-5-10(9)7-8;1-5(2)7-6(3)4;;;;/h2-7H,1H3;5-7H,1-4H3;3*1H;/q-1;;;;;+4/p-3. The van der Waals surface area contributed by atoms with Gasteiger partial charge in [-0.25, -0.2) is 0 Å². The maximum atomic E-state index is 2.28. The Morgan fingerprint density at radius 2 is 1.38 bits per heavy atom. The third-order valence-corrected chi connectivity index (χ3v) is 3.76. The first-order chi connectivity index (χ1) is 7.99. The normalized spacial score (nSPS) is 8.71. The van der Waals surface area contributed by atoms with Gasteiger partial charge in [0.1, 0.15) is 0 Å². The molecule has 0 bridgehead atoms. The molecule has 0 aliphatic rings. The molecule has 2 aromatic carbocycles. The summed E-state index contributed by atoms with van der Waals surface area (Å²) in [6.45, 7) is 11.2. The summed E-state index contributed by atoms with van der Waals surface area (Å²) in [7, 11) is 1.15. The van der Waals surface area contributed by atoms with Gasteiger partial charge in [-0.2, -0.15) is 6.07 Å². The molecular formula is C16H24Cl3PZr. The van der Waals surface area contributed by atoms with Crippen LogP contribution in [-0.4, -0.2) is 11.3 Å². The molecule has 0 nitrogen and oxygen atoms in total. The third-order valence-electron chi connectivity index (χ3n) is 2.43. The molecule has 0 saturated carbocycles. The summed E-state index contributed by atoms with van der Waals surface area (Å²) in [4.78, 5) is 0. The second kappa shape index (κ2) is 15.9. The zero-order valence-corrected chi connectivity index (χ0v) is 19.0. The summed E-state index contributed by atoms with van der Waals surface area (Å²) in [5, 5.41) is 2.69. The molecule has 0 aliphatic carbocycles. The van der Waals surface area contributed by atoms with E-state index in [-0.39, 0.29) is 63.4 Å². The zero-order valence-electron chi connectivity index (χ0n) is 13.3. The topological polar surface area (TPSA) is 0 Å². The number of fused-ring (bicyclic) bond motifs is 1. The van der Waals surface area contributed by atoms with Crippen LogP contribution in [0.5, 0.6) is 0 Å². The predicted octanol–water partition coefficient (Wildman–Crippen LogP) is -3.64. The van der Waals surface area contributed by atoms with Crippen LogP contribution < -0.4 is 37.2 Å². The van der Waals surface area contributed by atoms with Gasteiger partial charge in [0.15, 0.2) is 0 Å². The first-order valence-corrected chi connectivity index (χ1v) is 7.52. The van der Waals surface area contributed by atoms with E-state index in [9.17, 15) is 0 Å². The molecule has 0 radical (unpaired) electrons. The number of halogens is 3. The van der Waals surface area contributed by atoms with Crippen molar-refractivity contribution in [1.29, 1.82) is 0 Å².